The quantitative estimate of drug-likeness (QED) is 0.565. The Kier molecular flexibility index (Phi) is 3.85. The van der Waals surface area contributed by atoms with Crippen molar-refractivity contribution in [3.63, 3.8) is 0 Å². The average molecular weight is 248 g/mol. The van der Waals surface area contributed by atoms with E-state index in [1.54, 1.807) is 4.90 Å². The van der Waals surface area contributed by atoms with Gasteiger partial charge in [0.1, 0.15) is 0 Å². The van der Waals surface area contributed by atoms with E-state index in [4.69, 9.17) is 5.26 Å². The van der Waals surface area contributed by atoms with Gasteiger partial charge in [-0.2, -0.15) is 9.65 Å². The summed E-state index contributed by atoms with van der Waals surface area (Å²) in [7, 11) is 0. The molecule has 18 heavy (non-hydrogen) atoms. The number of pyridine rings is 1. The highest BCUT2D eigenvalue weighted by molar-refractivity contribution is 5.94. The number of aromatic nitrogens is 1. The van der Waals surface area contributed by atoms with Gasteiger partial charge in [-0.15, -0.1) is 0 Å². The fourth-order valence-electron chi connectivity index (χ4n) is 1.93. The van der Waals surface area contributed by atoms with Gasteiger partial charge in [0.2, 0.25) is 5.95 Å². The molecule has 2 rings (SSSR count). The maximum absolute atomic E-state index is 12.9. The molecule has 1 aliphatic heterocycles. The molecule has 0 saturated carbocycles. The molecule has 0 N–H and O–H groups in total. The number of piperazine rings is 1. The molecule has 5 nitrogen and oxygen atoms in total. The number of rotatable bonds is 2. The van der Waals surface area contributed by atoms with Gasteiger partial charge < -0.3 is 4.90 Å². The second-order valence-corrected chi connectivity index (χ2v) is 4.09. The molecule has 1 saturated heterocycles. The fraction of sp³-hybridized carbons (Fsp3) is 0.417. The van der Waals surface area contributed by atoms with Gasteiger partial charge in [0.25, 0.3) is 5.91 Å². The Balaban J connectivity index is 1.98. The van der Waals surface area contributed by atoms with Crippen molar-refractivity contribution in [1.82, 2.24) is 14.8 Å². The van der Waals surface area contributed by atoms with Crippen LogP contribution in [0, 0.1) is 17.3 Å². The first-order chi connectivity index (χ1) is 8.70. The molecular weight excluding hydrogens is 235 g/mol. The zero-order valence-corrected chi connectivity index (χ0v) is 9.84. The molecular formula is C12H13FN4O. The molecule has 1 amide bonds. The van der Waals surface area contributed by atoms with Crippen LogP contribution in [0.25, 0.3) is 0 Å². The van der Waals surface area contributed by atoms with Gasteiger partial charge in [0.05, 0.1) is 12.6 Å². The molecule has 6 heteroatoms. The molecule has 0 unspecified atom stereocenters. The molecule has 0 aliphatic carbocycles. The fourth-order valence-corrected chi connectivity index (χ4v) is 1.93. The van der Waals surface area contributed by atoms with E-state index >= 15 is 0 Å². The molecule has 0 radical (unpaired) electrons. The van der Waals surface area contributed by atoms with Crippen LogP contribution in [0.5, 0.6) is 0 Å². The molecule has 0 spiro atoms. The lowest BCUT2D eigenvalue weighted by molar-refractivity contribution is 0.0651. The third kappa shape index (κ3) is 2.81. The summed E-state index contributed by atoms with van der Waals surface area (Å²) in [5.74, 6) is -0.836. The van der Waals surface area contributed by atoms with Gasteiger partial charge in [0, 0.05) is 44.0 Å². The van der Waals surface area contributed by atoms with Crippen molar-refractivity contribution in [2.45, 2.75) is 0 Å². The van der Waals surface area contributed by atoms with Gasteiger partial charge in [-0.1, -0.05) is 0 Å². The monoisotopic (exact) mass is 248 g/mol. The maximum Gasteiger partial charge on any atom is 0.254 e. The van der Waals surface area contributed by atoms with Gasteiger partial charge in [-0.05, 0) is 6.07 Å². The van der Waals surface area contributed by atoms with Crippen molar-refractivity contribution in [1.29, 1.82) is 5.26 Å². The number of carbonyl (C=O) groups excluding carboxylic acids is 1. The predicted octanol–water partition coefficient (Wildman–Crippen LogP) is 0.502. The van der Waals surface area contributed by atoms with Crippen LogP contribution in [0.3, 0.4) is 0 Å². The van der Waals surface area contributed by atoms with Gasteiger partial charge >= 0.3 is 0 Å². The smallest absolute Gasteiger partial charge is 0.254 e. The summed E-state index contributed by atoms with van der Waals surface area (Å²) in [4.78, 5) is 19.1. The molecule has 1 aromatic rings. The molecule has 1 aromatic heterocycles. The van der Waals surface area contributed by atoms with Gasteiger partial charge in [0.15, 0.2) is 0 Å². The average Bonchev–Trinajstić information content (AvgIpc) is 2.39. The lowest BCUT2D eigenvalue weighted by Crippen LogP contribution is -2.48. The van der Waals surface area contributed by atoms with Crippen LogP contribution in [-0.2, 0) is 0 Å². The van der Waals surface area contributed by atoms with Crippen molar-refractivity contribution < 1.29 is 9.18 Å². The highest BCUT2D eigenvalue weighted by Crippen LogP contribution is 2.08. The van der Waals surface area contributed by atoms with Crippen LogP contribution in [0.15, 0.2) is 18.3 Å². The van der Waals surface area contributed by atoms with Gasteiger partial charge in [-0.3, -0.25) is 9.69 Å². The lowest BCUT2D eigenvalue weighted by Gasteiger charge is -2.33. The van der Waals surface area contributed by atoms with E-state index in [-0.39, 0.29) is 5.91 Å². The van der Waals surface area contributed by atoms with Crippen LogP contribution in [0.2, 0.25) is 0 Å². The Morgan fingerprint density at radius 2 is 2.17 bits per heavy atom. The summed E-state index contributed by atoms with van der Waals surface area (Å²) in [6.45, 7) is 2.85. The lowest BCUT2D eigenvalue weighted by atomic mass is 10.2. The number of amides is 1. The van der Waals surface area contributed by atoms with Crippen molar-refractivity contribution in [2.24, 2.45) is 0 Å². The second-order valence-electron chi connectivity index (χ2n) is 4.09. The van der Waals surface area contributed by atoms with E-state index in [9.17, 15) is 9.18 Å². The summed E-state index contributed by atoms with van der Waals surface area (Å²) < 4.78 is 12.9. The topological polar surface area (TPSA) is 60.2 Å². The Bertz CT molecular complexity index is 477. The summed E-state index contributed by atoms with van der Waals surface area (Å²) >= 11 is 0. The number of hydrogen-bond acceptors (Lipinski definition) is 4. The minimum atomic E-state index is -0.649. The third-order valence-corrected chi connectivity index (χ3v) is 2.93. The summed E-state index contributed by atoms with van der Waals surface area (Å²) in [6.07, 6.45) is 1.29. The van der Waals surface area contributed by atoms with Crippen LogP contribution in [0.1, 0.15) is 10.4 Å². The highest BCUT2D eigenvalue weighted by Gasteiger charge is 2.22. The molecule has 94 valence electrons. The molecule has 0 atom stereocenters. The van der Waals surface area contributed by atoms with Gasteiger partial charge in [-0.25, -0.2) is 4.98 Å². The molecule has 0 aromatic carbocycles. The van der Waals surface area contributed by atoms with Crippen LogP contribution < -0.4 is 0 Å². The van der Waals surface area contributed by atoms with Crippen molar-refractivity contribution in [3.8, 4) is 6.07 Å². The first kappa shape index (κ1) is 12.5. The number of hydrogen-bond donors (Lipinski definition) is 0. The van der Waals surface area contributed by atoms with E-state index in [1.165, 1.54) is 12.3 Å². The molecule has 1 aliphatic rings. The number of nitrogens with zero attached hydrogens (tertiary/aromatic N) is 4. The zero-order valence-electron chi connectivity index (χ0n) is 9.84. The van der Waals surface area contributed by atoms with E-state index in [1.807, 2.05) is 4.90 Å². The van der Waals surface area contributed by atoms with Crippen LogP contribution in [0.4, 0.5) is 4.39 Å². The van der Waals surface area contributed by atoms with E-state index < -0.39 is 5.95 Å². The third-order valence-electron chi connectivity index (χ3n) is 2.93. The minimum Gasteiger partial charge on any atom is -0.336 e. The highest BCUT2D eigenvalue weighted by atomic mass is 19.1. The summed E-state index contributed by atoms with van der Waals surface area (Å²) in [5, 5.41) is 8.58. The van der Waals surface area contributed by atoms with Crippen molar-refractivity contribution >= 4 is 5.91 Å². The van der Waals surface area contributed by atoms with Crippen LogP contribution >= 0.6 is 0 Å². The number of nitriles is 1. The first-order valence-corrected chi connectivity index (χ1v) is 5.71. The maximum atomic E-state index is 12.9. The van der Waals surface area contributed by atoms with E-state index in [0.717, 1.165) is 6.07 Å². The minimum absolute atomic E-state index is 0.187. The van der Waals surface area contributed by atoms with E-state index in [2.05, 4.69) is 11.1 Å². The number of carbonyl (C=O) groups is 1. The Morgan fingerprint density at radius 1 is 1.44 bits per heavy atom. The molecule has 0 bridgehead atoms. The SMILES string of the molecule is N#CCN1CCN(C(=O)c2ccnc(F)c2)CC1. The van der Waals surface area contributed by atoms with Crippen molar-refractivity contribution in [2.75, 3.05) is 32.7 Å². The zero-order chi connectivity index (χ0) is 13.0. The molecule has 1 fully saturated rings. The summed E-state index contributed by atoms with van der Waals surface area (Å²) in [5.41, 5.74) is 0.316. The Morgan fingerprint density at radius 3 is 2.78 bits per heavy atom. The first-order valence-electron chi connectivity index (χ1n) is 5.71. The second kappa shape index (κ2) is 5.56. The van der Waals surface area contributed by atoms with E-state index in [0.29, 0.717) is 38.3 Å². The van der Waals surface area contributed by atoms with Crippen molar-refractivity contribution in [3.05, 3.63) is 29.8 Å². The largest absolute Gasteiger partial charge is 0.336 e. The Labute approximate surface area is 104 Å². The predicted molar refractivity (Wildman–Crippen MR) is 62.2 cm³/mol. The Hall–Kier alpha value is -2.00. The summed E-state index contributed by atoms with van der Waals surface area (Å²) in [6, 6.07) is 4.74. The standard InChI is InChI=1S/C12H13FN4O/c13-11-9-10(1-3-15-11)12(18)17-7-5-16(4-2-14)6-8-17/h1,3,9H,4-8H2. The number of halogens is 1. The molecule has 2 heterocycles. The normalized spacial score (nSPS) is 16.3. The van der Waals surface area contributed by atoms with Crippen LogP contribution in [-0.4, -0.2) is 53.4 Å².